The zero-order valence-electron chi connectivity index (χ0n) is 11.7. The fourth-order valence-electron chi connectivity index (χ4n) is 2.23. The van der Waals surface area contributed by atoms with Crippen molar-refractivity contribution in [2.45, 2.75) is 18.9 Å². The van der Waals surface area contributed by atoms with E-state index < -0.39 is 0 Å². The maximum absolute atomic E-state index is 5.76. The third-order valence-electron chi connectivity index (χ3n) is 3.30. The summed E-state index contributed by atoms with van der Waals surface area (Å²) in [7, 11) is 0. The van der Waals surface area contributed by atoms with Crippen LogP contribution in [0.5, 0.6) is 17.4 Å². The Balaban J connectivity index is 0.00000161. The van der Waals surface area contributed by atoms with Gasteiger partial charge in [0, 0.05) is 18.3 Å². The van der Waals surface area contributed by atoms with Gasteiger partial charge in [0.25, 0.3) is 0 Å². The van der Waals surface area contributed by atoms with Gasteiger partial charge in [0.1, 0.15) is 18.1 Å². The third kappa shape index (κ3) is 4.62. The number of pyridine rings is 1. The van der Waals surface area contributed by atoms with Gasteiger partial charge in [-0.05, 0) is 49.7 Å². The third-order valence-corrected chi connectivity index (χ3v) is 3.30. The van der Waals surface area contributed by atoms with Crippen LogP contribution in [0, 0.1) is 0 Å². The first-order valence-corrected chi connectivity index (χ1v) is 6.95. The van der Waals surface area contributed by atoms with Gasteiger partial charge in [0.2, 0.25) is 5.88 Å². The van der Waals surface area contributed by atoms with Crippen LogP contribution in [0.25, 0.3) is 0 Å². The molecule has 0 radical (unpaired) electrons. The molecule has 2 aromatic rings. The van der Waals surface area contributed by atoms with Gasteiger partial charge in [-0.2, -0.15) is 0 Å². The molecule has 1 aliphatic heterocycles. The minimum Gasteiger partial charge on any atom is -0.492 e. The molecule has 0 saturated carbocycles. The van der Waals surface area contributed by atoms with Crippen LogP contribution in [0.4, 0.5) is 0 Å². The quantitative estimate of drug-likeness (QED) is 0.919. The lowest BCUT2D eigenvalue weighted by atomic mass is 10.2. The molecular formula is C16H19ClN2O2. The Morgan fingerprint density at radius 1 is 1.10 bits per heavy atom. The summed E-state index contributed by atoms with van der Waals surface area (Å²) in [4.78, 5) is 4.12. The van der Waals surface area contributed by atoms with Crippen molar-refractivity contribution in [2.24, 2.45) is 0 Å². The fourth-order valence-corrected chi connectivity index (χ4v) is 2.23. The predicted molar refractivity (Wildman–Crippen MR) is 84.5 cm³/mol. The highest BCUT2D eigenvalue weighted by atomic mass is 35.5. The average Bonchev–Trinajstić information content (AvgIpc) is 3.01. The SMILES string of the molecule is Cl.c1ccc(Oc2ccc(OC[C@H]3CCCN3)cc2)nc1. The molecule has 1 saturated heterocycles. The van der Waals surface area contributed by atoms with Crippen molar-refractivity contribution < 1.29 is 9.47 Å². The topological polar surface area (TPSA) is 43.4 Å². The minimum absolute atomic E-state index is 0. The van der Waals surface area contributed by atoms with Gasteiger partial charge >= 0.3 is 0 Å². The van der Waals surface area contributed by atoms with Gasteiger partial charge < -0.3 is 14.8 Å². The number of hydrogen-bond donors (Lipinski definition) is 1. The van der Waals surface area contributed by atoms with Crippen LogP contribution in [-0.4, -0.2) is 24.2 Å². The van der Waals surface area contributed by atoms with Crippen LogP contribution in [-0.2, 0) is 0 Å². The standard InChI is InChI=1S/C16H18N2O2.ClH/c1-2-10-18-16(5-1)20-15-8-6-14(7-9-15)19-12-13-4-3-11-17-13;/h1-2,5-10,13,17H,3-4,11-12H2;1H/t13-;/m1./s1. The van der Waals surface area contributed by atoms with E-state index >= 15 is 0 Å². The van der Waals surface area contributed by atoms with E-state index in [0.29, 0.717) is 11.9 Å². The van der Waals surface area contributed by atoms with Crippen molar-refractivity contribution in [3.8, 4) is 17.4 Å². The van der Waals surface area contributed by atoms with E-state index in [9.17, 15) is 0 Å². The summed E-state index contributed by atoms with van der Waals surface area (Å²) in [6, 6.07) is 13.7. The molecule has 0 aliphatic carbocycles. The first-order valence-electron chi connectivity index (χ1n) is 6.95. The lowest BCUT2D eigenvalue weighted by Crippen LogP contribution is -2.28. The molecule has 1 aromatic carbocycles. The molecular weight excluding hydrogens is 288 g/mol. The predicted octanol–water partition coefficient (Wildman–Crippen LogP) is 3.43. The first kappa shape index (κ1) is 15.6. The Labute approximate surface area is 130 Å². The van der Waals surface area contributed by atoms with E-state index in [1.807, 2.05) is 42.5 Å². The molecule has 0 unspecified atom stereocenters. The monoisotopic (exact) mass is 306 g/mol. The van der Waals surface area contributed by atoms with E-state index in [4.69, 9.17) is 9.47 Å². The summed E-state index contributed by atoms with van der Waals surface area (Å²) < 4.78 is 11.4. The van der Waals surface area contributed by atoms with Crippen LogP contribution >= 0.6 is 12.4 Å². The zero-order chi connectivity index (χ0) is 13.6. The second kappa shape index (κ2) is 7.86. The van der Waals surface area contributed by atoms with Crippen LogP contribution in [0.2, 0.25) is 0 Å². The molecule has 1 fully saturated rings. The number of aromatic nitrogens is 1. The summed E-state index contributed by atoms with van der Waals surface area (Å²) in [5, 5.41) is 3.41. The smallest absolute Gasteiger partial charge is 0.219 e. The Kier molecular flexibility index (Phi) is 5.84. The van der Waals surface area contributed by atoms with Crippen molar-refractivity contribution in [2.75, 3.05) is 13.2 Å². The molecule has 1 aromatic heterocycles. The molecule has 1 aliphatic rings. The molecule has 2 heterocycles. The Bertz CT molecular complexity index is 528. The molecule has 112 valence electrons. The molecule has 3 rings (SSSR count). The summed E-state index contributed by atoms with van der Waals surface area (Å²) >= 11 is 0. The molecule has 5 heteroatoms. The van der Waals surface area contributed by atoms with Crippen LogP contribution < -0.4 is 14.8 Å². The van der Waals surface area contributed by atoms with Crippen molar-refractivity contribution in [3.05, 3.63) is 48.7 Å². The fraction of sp³-hybridized carbons (Fsp3) is 0.312. The Morgan fingerprint density at radius 3 is 2.57 bits per heavy atom. The Morgan fingerprint density at radius 2 is 1.90 bits per heavy atom. The average molecular weight is 307 g/mol. The van der Waals surface area contributed by atoms with Crippen LogP contribution in [0.3, 0.4) is 0 Å². The second-order valence-electron chi connectivity index (χ2n) is 4.85. The highest BCUT2D eigenvalue weighted by Gasteiger charge is 2.14. The number of rotatable bonds is 5. The number of hydrogen-bond acceptors (Lipinski definition) is 4. The first-order chi connectivity index (χ1) is 9.90. The number of nitrogens with one attached hydrogen (secondary N) is 1. The molecule has 4 nitrogen and oxygen atoms in total. The van der Waals surface area contributed by atoms with Crippen molar-refractivity contribution in [1.29, 1.82) is 0 Å². The zero-order valence-corrected chi connectivity index (χ0v) is 12.5. The number of benzene rings is 1. The maximum atomic E-state index is 5.76. The van der Waals surface area contributed by atoms with Crippen LogP contribution in [0.1, 0.15) is 12.8 Å². The molecule has 1 atom stereocenters. The molecule has 21 heavy (non-hydrogen) atoms. The summed E-state index contributed by atoms with van der Waals surface area (Å²) in [6.07, 6.45) is 4.15. The summed E-state index contributed by atoms with van der Waals surface area (Å²) in [5.74, 6) is 2.22. The number of nitrogens with zero attached hydrogens (tertiary/aromatic N) is 1. The van der Waals surface area contributed by atoms with E-state index in [0.717, 1.165) is 24.7 Å². The van der Waals surface area contributed by atoms with E-state index in [1.165, 1.54) is 12.8 Å². The van der Waals surface area contributed by atoms with Crippen molar-refractivity contribution in [1.82, 2.24) is 10.3 Å². The summed E-state index contributed by atoms with van der Waals surface area (Å²) in [5.41, 5.74) is 0. The van der Waals surface area contributed by atoms with Crippen LogP contribution in [0.15, 0.2) is 48.7 Å². The maximum Gasteiger partial charge on any atom is 0.219 e. The number of halogens is 1. The van der Waals surface area contributed by atoms with E-state index in [2.05, 4.69) is 10.3 Å². The van der Waals surface area contributed by atoms with Gasteiger partial charge in [-0.3, -0.25) is 0 Å². The largest absolute Gasteiger partial charge is 0.492 e. The normalized spacial score (nSPS) is 17.0. The lowest BCUT2D eigenvalue weighted by Gasteiger charge is -2.12. The number of ether oxygens (including phenoxy) is 2. The van der Waals surface area contributed by atoms with E-state index in [-0.39, 0.29) is 12.4 Å². The lowest BCUT2D eigenvalue weighted by molar-refractivity contribution is 0.277. The van der Waals surface area contributed by atoms with Gasteiger partial charge in [-0.15, -0.1) is 12.4 Å². The van der Waals surface area contributed by atoms with Gasteiger partial charge in [0.05, 0.1) is 0 Å². The van der Waals surface area contributed by atoms with Gasteiger partial charge in [0.15, 0.2) is 0 Å². The van der Waals surface area contributed by atoms with Crippen molar-refractivity contribution in [3.63, 3.8) is 0 Å². The highest BCUT2D eigenvalue weighted by Crippen LogP contribution is 2.22. The van der Waals surface area contributed by atoms with Crippen molar-refractivity contribution >= 4 is 12.4 Å². The molecule has 0 spiro atoms. The van der Waals surface area contributed by atoms with Gasteiger partial charge in [-0.1, -0.05) is 6.07 Å². The van der Waals surface area contributed by atoms with Gasteiger partial charge in [-0.25, -0.2) is 4.98 Å². The second-order valence-corrected chi connectivity index (χ2v) is 4.85. The molecule has 0 amide bonds. The van der Waals surface area contributed by atoms with E-state index in [1.54, 1.807) is 6.20 Å². The molecule has 1 N–H and O–H groups in total. The molecule has 0 bridgehead atoms. The highest BCUT2D eigenvalue weighted by molar-refractivity contribution is 5.85. The Hall–Kier alpha value is -1.78. The minimum atomic E-state index is 0. The summed E-state index contributed by atoms with van der Waals surface area (Å²) in [6.45, 7) is 1.82.